The highest BCUT2D eigenvalue weighted by Crippen LogP contribution is 2.35. The third-order valence-corrected chi connectivity index (χ3v) is 5.47. The van der Waals surface area contributed by atoms with Gasteiger partial charge in [-0.15, -0.1) is 0 Å². The van der Waals surface area contributed by atoms with E-state index in [2.05, 4.69) is 18.7 Å². The summed E-state index contributed by atoms with van der Waals surface area (Å²) >= 11 is 0. The summed E-state index contributed by atoms with van der Waals surface area (Å²) in [5, 5.41) is 0. The van der Waals surface area contributed by atoms with Gasteiger partial charge in [0.1, 0.15) is 5.78 Å². The van der Waals surface area contributed by atoms with Gasteiger partial charge in [-0.2, -0.15) is 0 Å². The zero-order chi connectivity index (χ0) is 14.2. The second-order valence-corrected chi connectivity index (χ2v) is 7.56. The molecule has 0 radical (unpaired) electrons. The summed E-state index contributed by atoms with van der Waals surface area (Å²) in [6.45, 7) is 6.59. The van der Waals surface area contributed by atoms with Crippen molar-refractivity contribution in [1.82, 2.24) is 4.90 Å². The number of ether oxygens (including phenoxy) is 1. The Morgan fingerprint density at radius 1 is 1.20 bits per heavy atom. The molecule has 3 unspecified atom stereocenters. The molecular formula is C17H29NO2. The molecule has 114 valence electrons. The van der Waals surface area contributed by atoms with E-state index in [0.29, 0.717) is 23.8 Å². The Morgan fingerprint density at radius 3 is 2.75 bits per heavy atom. The van der Waals surface area contributed by atoms with Crippen LogP contribution in [0.25, 0.3) is 0 Å². The molecule has 0 spiro atoms. The second-order valence-electron chi connectivity index (χ2n) is 7.56. The van der Waals surface area contributed by atoms with E-state index in [-0.39, 0.29) is 5.60 Å². The van der Waals surface area contributed by atoms with Crippen molar-refractivity contribution in [3.63, 3.8) is 0 Å². The molecule has 3 fully saturated rings. The molecular weight excluding hydrogens is 250 g/mol. The van der Waals surface area contributed by atoms with Crippen LogP contribution in [0.5, 0.6) is 0 Å². The molecule has 2 heterocycles. The number of likely N-dealkylation sites (tertiary alicyclic amines) is 1. The van der Waals surface area contributed by atoms with Crippen LogP contribution in [0.4, 0.5) is 0 Å². The maximum Gasteiger partial charge on any atom is 0.137 e. The third kappa shape index (κ3) is 3.09. The van der Waals surface area contributed by atoms with Gasteiger partial charge in [-0.25, -0.2) is 0 Å². The standard InChI is InChI=1S/C17H29NO2/c1-17(2)10-9-13(20-17)12-18-11-5-7-15(18)14-6-3-4-8-16(14)19/h13-15H,3-12H2,1-2H3. The van der Waals surface area contributed by atoms with Gasteiger partial charge in [-0.3, -0.25) is 9.69 Å². The minimum atomic E-state index is 0.0561. The quantitative estimate of drug-likeness (QED) is 0.794. The van der Waals surface area contributed by atoms with Crippen molar-refractivity contribution < 1.29 is 9.53 Å². The number of hydrogen-bond acceptors (Lipinski definition) is 3. The van der Waals surface area contributed by atoms with E-state index in [1.54, 1.807) is 0 Å². The summed E-state index contributed by atoms with van der Waals surface area (Å²) in [6, 6.07) is 0.509. The van der Waals surface area contributed by atoms with Crippen LogP contribution in [0.3, 0.4) is 0 Å². The van der Waals surface area contributed by atoms with Crippen LogP contribution in [0.1, 0.15) is 65.2 Å². The molecule has 0 aromatic heterocycles. The fourth-order valence-electron chi connectivity index (χ4n) is 4.42. The fraction of sp³-hybridized carbons (Fsp3) is 0.941. The molecule has 0 aromatic rings. The van der Waals surface area contributed by atoms with Crippen molar-refractivity contribution >= 4 is 5.78 Å². The van der Waals surface area contributed by atoms with Crippen molar-refractivity contribution in [2.24, 2.45) is 5.92 Å². The lowest BCUT2D eigenvalue weighted by atomic mass is 9.82. The van der Waals surface area contributed by atoms with Crippen molar-refractivity contribution in [1.29, 1.82) is 0 Å². The van der Waals surface area contributed by atoms with Gasteiger partial charge in [-0.05, 0) is 58.9 Å². The summed E-state index contributed by atoms with van der Waals surface area (Å²) in [4.78, 5) is 14.8. The van der Waals surface area contributed by atoms with Crippen LogP contribution >= 0.6 is 0 Å². The molecule has 0 aromatic carbocycles. The molecule has 3 nitrogen and oxygen atoms in total. The van der Waals surface area contributed by atoms with Gasteiger partial charge >= 0.3 is 0 Å². The van der Waals surface area contributed by atoms with Crippen molar-refractivity contribution in [2.75, 3.05) is 13.1 Å². The predicted molar refractivity (Wildman–Crippen MR) is 79.7 cm³/mol. The summed E-state index contributed by atoms with van der Waals surface area (Å²) < 4.78 is 6.15. The van der Waals surface area contributed by atoms with Crippen LogP contribution in [-0.4, -0.2) is 41.5 Å². The van der Waals surface area contributed by atoms with Gasteiger partial charge in [0.2, 0.25) is 0 Å². The predicted octanol–water partition coefficient (Wildman–Crippen LogP) is 3.17. The lowest BCUT2D eigenvalue weighted by molar-refractivity contribution is -0.127. The average molecular weight is 279 g/mol. The minimum absolute atomic E-state index is 0.0561. The number of ketones is 1. The molecule has 1 saturated carbocycles. The van der Waals surface area contributed by atoms with Crippen LogP contribution in [0.15, 0.2) is 0 Å². The normalized spacial score (nSPS) is 38.5. The van der Waals surface area contributed by atoms with Crippen LogP contribution < -0.4 is 0 Å². The summed E-state index contributed by atoms with van der Waals surface area (Å²) in [6.07, 6.45) is 9.49. The van der Waals surface area contributed by atoms with Gasteiger partial charge in [0, 0.05) is 24.9 Å². The molecule has 3 heteroatoms. The molecule has 20 heavy (non-hydrogen) atoms. The molecule has 0 amide bonds. The van der Waals surface area contributed by atoms with E-state index in [0.717, 1.165) is 32.4 Å². The van der Waals surface area contributed by atoms with E-state index in [1.165, 1.54) is 32.1 Å². The minimum Gasteiger partial charge on any atom is -0.371 e. The zero-order valence-electron chi connectivity index (χ0n) is 13.1. The highest BCUT2D eigenvalue weighted by atomic mass is 16.5. The first-order valence-corrected chi connectivity index (χ1v) is 8.50. The molecule has 0 N–H and O–H groups in total. The van der Waals surface area contributed by atoms with Crippen molar-refractivity contribution in [3.05, 3.63) is 0 Å². The Hall–Kier alpha value is -0.410. The molecule has 2 aliphatic heterocycles. The highest BCUT2D eigenvalue weighted by Gasteiger charge is 2.39. The largest absolute Gasteiger partial charge is 0.371 e. The first-order chi connectivity index (χ1) is 9.55. The van der Waals surface area contributed by atoms with E-state index >= 15 is 0 Å². The van der Waals surface area contributed by atoms with Gasteiger partial charge in [0.15, 0.2) is 0 Å². The molecule has 1 aliphatic carbocycles. The maximum absolute atomic E-state index is 12.2. The molecule has 3 rings (SSSR count). The number of hydrogen-bond donors (Lipinski definition) is 0. The van der Waals surface area contributed by atoms with Crippen molar-refractivity contribution in [3.8, 4) is 0 Å². The Balaban J connectivity index is 1.59. The van der Waals surface area contributed by atoms with Gasteiger partial charge in [-0.1, -0.05) is 6.42 Å². The van der Waals surface area contributed by atoms with Crippen molar-refractivity contribution in [2.45, 2.75) is 83.0 Å². The maximum atomic E-state index is 12.2. The van der Waals surface area contributed by atoms with E-state index in [1.807, 2.05) is 0 Å². The lowest BCUT2D eigenvalue weighted by Gasteiger charge is -2.34. The number of Topliss-reactive ketones (excluding diaryl/α,β-unsaturated/α-hetero) is 1. The average Bonchev–Trinajstić information content (AvgIpc) is 2.97. The lowest BCUT2D eigenvalue weighted by Crippen LogP contribution is -2.44. The Bertz CT molecular complexity index is 366. The monoisotopic (exact) mass is 279 g/mol. The molecule has 0 bridgehead atoms. The molecule has 3 atom stereocenters. The summed E-state index contributed by atoms with van der Waals surface area (Å²) in [7, 11) is 0. The Morgan fingerprint density at radius 2 is 2.05 bits per heavy atom. The van der Waals surface area contributed by atoms with Crippen LogP contribution in [-0.2, 0) is 9.53 Å². The van der Waals surface area contributed by atoms with E-state index < -0.39 is 0 Å². The first-order valence-electron chi connectivity index (χ1n) is 8.50. The Labute approximate surface area is 123 Å². The second kappa shape index (κ2) is 5.76. The zero-order valence-corrected chi connectivity index (χ0v) is 13.1. The number of nitrogens with zero attached hydrogens (tertiary/aromatic N) is 1. The molecule has 2 saturated heterocycles. The van der Waals surface area contributed by atoms with Crippen LogP contribution in [0.2, 0.25) is 0 Å². The Kier molecular flexibility index (Phi) is 4.19. The third-order valence-electron chi connectivity index (χ3n) is 5.47. The smallest absolute Gasteiger partial charge is 0.137 e. The molecule has 3 aliphatic rings. The van der Waals surface area contributed by atoms with Gasteiger partial charge in [0.05, 0.1) is 11.7 Å². The SMILES string of the molecule is CC1(C)CCC(CN2CCCC2C2CCCCC2=O)O1. The van der Waals surface area contributed by atoms with Gasteiger partial charge < -0.3 is 4.74 Å². The first kappa shape index (κ1) is 14.5. The van der Waals surface area contributed by atoms with Crippen LogP contribution in [0, 0.1) is 5.92 Å². The van der Waals surface area contributed by atoms with Gasteiger partial charge in [0.25, 0.3) is 0 Å². The highest BCUT2D eigenvalue weighted by molar-refractivity contribution is 5.82. The fourth-order valence-corrected chi connectivity index (χ4v) is 4.42. The number of carbonyl (C=O) groups excluding carboxylic acids is 1. The van der Waals surface area contributed by atoms with E-state index in [9.17, 15) is 4.79 Å². The number of carbonyl (C=O) groups is 1. The summed E-state index contributed by atoms with van der Waals surface area (Å²) in [5.41, 5.74) is 0.0561. The van der Waals surface area contributed by atoms with E-state index in [4.69, 9.17) is 4.74 Å². The number of rotatable bonds is 3. The summed E-state index contributed by atoms with van der Waals surface area (Å²) in [5.74, 6) is 0.849. The topological polar surface area (TPSA) is 29.5 Å².